The van der Waals surface area contributed by atoms with Gasteiger partial charge in [-0.2, -0.15) is 5.26 Å². The normalized spacial score (nSPS) is 17.8. The number of carbonyl (C=O) groups excluding carboxylic acids is 1. The van der Waals surface area contributed by atoms with Crippen LogP contribution in [0.1, 0.15) is 29.8 Å². The second kappa shape index (κ2) is 9.94. The van der Waals surface area contributed by atoms with Crippen molar-refractivity contribution in [3.63, 3.8) is 0 Å². The molecule has 0 aliphatic carbocycles. The number of carbonyl (C=O) groups is 1. The maximum absolute atomic E-state index is 12.6. The van der Waals surface area contributed by atoms with Crippen molar-refractivity contribution in [3.8, 4) is 17.2 Å². The van der Waals surface area contributed by atoms with Gasteiger partial charge in [0.2, 0.25) is 0 Å². The third-order valence-electron chi connectivity index (χ3n) is 5.78. The predicted molar refractivity (Wildman–Crippen MR) is 123 cm³/mol. The number of hydrogen-bond acceptors (Lipinski definition) is 5. The van der Waals surface area contributed by atoms with Crippen molar-refractivity contribution in [1.82, 2.24) is 20.0 Å². The van der Waals surface area contributed by atoms with Gasteiger partial charge in [0.25, 0.3) is 5.91 Å². The number of ether oxygens (including phenoxy) is 1. The number of hydrogen-bond donors (Lipinski definition) is 2. The van der Waals surface area contributed by atoms with Crippen LogP contribution in [-0.4, -0.2) is 47.1 Å². The molecule has 2 N–H and O–H groups in total. The van der Waals surface area contributed by atoms with Gasteiger partial charge in [0.15, 0.2) is 0 Å². The molecule has 1 aliphatic rings. The molecule has 1 fully saturated rings. The average Bonchev–Trinajstić information content (AvgIpc) is 3.18. The summed E-state index contributed by atoms with van der Waals surface area (Å²) in [7, 11) is 0. The van der Waals surface area contributed by atoms with Gasteiger partial charge in [0.1, 0.15) is 12.1 Å². The molecule has 0 unspecified atom stereocenters. The fourth-order valence-corrected chi connectivity index (χ4v) is 4.09. The molecule has 2 aromatic heterocycles. The van der Waals surface area contributed by atoms with Crippen LogP contribution in [-0.2, 0) is 16.0 Å². The standard InChI is InChI=1S/C25H29N5O2/c1-17-15-30-16-21(12-23(30)18(2)28-17)20-7-5-19(6-8-20)11-22(13-26)29-25(31)24-14-27-9-3-4-10-32-24/h5-8,12,15-16,22,24,27H,3-4,9-11,14H2,1-2H3,(H,29,31)/t22-,24-/m0/s1. The first-order chi connectivity index (χ1) is 15.5. The molecule has 0 radical (unpaired) electrons. The van der Waals surface area contributed by atoms with E-state index in [9.17, 15) is 10.1 Å². The number of benzene rings is 1. The molecule has 7 heteroatoms. The molecule has 0 spiro atoms. The van der Waals surface area contributed by atoms with Gasteiger partial charge < -0.3 is 19.8 Å². The number of aryl methyl sites for hydroxylation is 2. The lowest BCUT2D eigenvalue weighted by molar-refractivity contribution is -0.133. The van der Waals surface area contributed by atoms with Gasteiger partial charge in [-0.15, -0.1) is 0 Å². The SMILES string of the molecule is Cc1cn2cc(-c3ccc(C[C@@H](C#N)NC(=O)[C@@H]4CNCCCCO4)cc3)cc2c(C)n1. The molecule has 1 aliphatic heterocycles. The highest BCUT2D eigenvalue weighted by Gasteiger charge is 2.23. The molecule has 3 heterocycles. The summed E-state index contributed by atoms with van der Waals surface area (Å²) in [6.07, 6.45) is 5.99. The van der Waals surface area contributed by atoms with Crippen molar-refractivity contribution in [2.75, 3.05) is 19.7 Å². The maximum atomic E-state index is 12.6. The molecule has 1 amide bonds. The number of aromatic nitrogens is 2. The molecule has 1 saturated heterocycles. The Morgan fingerprint density at radius 3 is 2.88 bits per heavy atom. The first-order valence-electron chi connectivity index (χ1n) is 11.1. The Hall–Kier alpha value is -3.21. The summed E-state index contributed by atoms with van der Waals surface area (Å²) in [6, 6.07) is 11.9. The summed E-state index contributed by atoms with van der Waals surface area (Å²) >= 11 is 0. The van der Waals surface area contributed by atoms with E-state index in [1.807, 2.05) is 32.2 Å². The van der Waals surface area contributed by atoms with Gasteiger partial charge in [-0.05, 0) is 50.4 Å². The topological polar surface area (TPSA) is 91.5 Å². The van der Waals surface area contributed by atoms with Gasteiger partial charge in [0, 0.05) is 37.5 Å². The lowest BCUT2D eigenvalue weighted by Crippen LogP contribution is -2.47. The number of nitriles is 1. The van der Waals surface area contributed by atoms with Crippen LogP contribution in [0.3, 0.4) is 0 Å². The fraction of sp³-hybridized carbons (Fsp3) is 0.400. The van der Waals surface area contributed by atoms with Crippen molar-refractivity contribution in [2.45, 2.75) is 45.3 Å². The van der Waals surface area contributed by atoms with Crippen LogP contribution in [0.25, 0.3) is 16.6 Å². The Labute approximate surface area is 188 Å². The zero-order valence-corrected chi connectivity index (χ0v) is 18.6. The summed E-state index contributed by atoms with van der Waals surface area (Å²) in [5.41, 5.74) is 6.29. The summed E-state index contributed by atoms with van der Waals surface area (Å²) in [5.74, 6) is -0.234. The van der Waals surface area contributed by atoms with E-state index < -0.39 is 12.1 Å². The number of nitrogens with one attached hydrogen (secondary N) is 2. The van der Waals surface area contributed by atoms with Crippen molar-refractivity contribution in [3.05, 3.63) is 59.7 Å². The third-order valence-corrected chi connectivity index (χ3v) is 5.78. The minimum Gasteiger partial charge on any atom is -0.367 e. The second-order valence-corrected chi connectivity index (χ2v) is 8.35. The molecule has 0 bridgehead atoms. The van der Waals surface area contributed by atoms with Crippen molar-refractivity contribution < 1.29 is 9.53 Å². The van der Waals surface area contributed by atoms with Crippen LogP contribution in [0, 0.1) is 25.2 Å². The molecular formula is C25H29N5O2. The summed E-state index contributed by atoms with van der Waals surface area (Å²) in [4.78, 5) is 17.1. The van der Waals surface area contributed by atoms with E-state index in [1.165, 1.54) is 0 Å². The summed E-state index contributed by atoms with van der Waals surface area (Å²) in [6.45, 7) is 5.94. The van der Waals surface area contributed by atoms with Crippen molar-refractivity contribution in [2.24, 2.45) is 0 Å². The Kier molecular flexibility index (Phi) is 6.84. The summed E-state index contributed by atoms with van der Waals surface area (Å²) in [5, 5.41) is 15.6. The Bertz CT molecular complexity index is 1120. The van der Waals surface area contributed by atoms with Crippen LogP contribution in [0.2, 0.25) is 0 Å². The molecule has 0 saturated carbocycles. The first-order valence-corrected chi connectivity index (χ1v) is 11.1. The van der Waals surface area contributed by atoms with E-state index in [0.29, 0.717) is 19.6 Å². The number of nitrogens with zero attached hydrogens (tertiary/aromatic N) is 3. The van der Waals surface area contributed by atoms with Gasteiger partial charge in [-0.25, -0.2) is 0 Å². The van der Waals surface area contributed by atoms with Gasteiger partial charge in [0.05, 0.1) is 23.0 Å². The lowest BCUT2D eigenvalue weighted by Gasteiger charge is -2.22. The molecule has 7 nitrogen and oxygen atoms in total. The van der Waals surface area contributed by atoms with E-state index in [4.69, 9.17) is 4.74 Å². The second-order valence-electron chi connectivity index (χ2n) is 8.35. The lowest BCUT2D eigenvalue weighted by atomic mass is 10.0. The average molecular weight is 432 g/mol. The molecule has 1 aromatic carbocycles. The fourth-order valence-electron chi connectivity index (χ4n) is 4.09. The predicted octanol–water partition coefficient (Wildman–Crippen LogP) is 2.94. The number of amides is 1. The molecule has 166 valence electrons. The highest BCUT2D eigenvalue weighted by atomic mass is 16.5. The first kappa shape index (κ1) is 22.0. The van der Waals surface area contributed by atoms with Gasteiger partial charge >= 0.3 is 0 Å². The minimum absolute atomic E-state index is 0.234. The summed E-state index contributed by atoms with van der Waals surface area (Å²) < 4.78 is 7.76. The zero-order valence-electron chi connectivity index (χ0n) is 18.6. The Morgan fingerprint density at radius 1 is 1.28 bits per heavy atom. The Morgan fingerprint density at radius 2 is 2.09 bits per heavy atom. The maximum Gasteiger partial charge on any atom is 0.251 e. The quantitative estimate of drug-likeness (QED) is 0.648. The Balaban J connectivity index is 1.41. The zero-order chi connectivity index (χ0) is 22.5. The van der Waals surface area contributed by atoms with E-state index >= 15 is 0 Å². The number of rotatable bonds is 5. The molecular weight excluding hydrogens is 402 g/mol. The highest BCUT2D eigenvalue weighted by molar-refractivity contribution is 5.81. The minimum atomic E-state index is -0.601. The molecule has 32 heavy (non-hydrogen) atoms. The monoisotopic (exact) mass is 431 g/mol. The van der Waals surface area contributed by atoms with E-state index in [-0.39, 0.29) is 5.91 Å². The van der Waals surface area contributed by atoms with Crippen molar-refractivity contribution in [1.29, 1.82) is 5.26 Å². The largest absolute Gasteiger partial charge is 0.367 e. The number of fused-ring (bicyclic) bond motifs is 1. The van der Waals surface area contributed by atoms with Gasteiger partial charge in [-0.1, -0.05) is 24.3 Å². The highest BCUT2D eigenvalue weighted by Crippen LogP contribution is 2.24. The van der Waals surface area contributed by atoms with E-state index in [2.05, 4.69) is 50.5 Å². The van der Waals surface area contributed by atoms with E-state index in [1.54, 1.807) is 0 Å². The van der Waals surface area contributed by atoms with Gasteiger partial charge in [-0.3, -0.25) is 9.78 Å². The molecule has 4 rings (SSSR count). The molecule has 3 aromatic rings. The third kappa shape index (κ3) is 5.16. The van der Waals surface area contributed by atoms with Crippen LogP contribution in [0.5, 0.6) is 0 Å². The van der Waals surface area contributed by atoms with Crippen LogP contribution < -0.4 is 10.6 Å². The smallest absolute Gasteiger partial charge is 0.251 e. The van der Waals surface area contributed by atoms with Crippen LogP contribution in [0.4, 0.5) is 0 Å². The van der Waals surface area contributed by atoms with Crippen molar-refractivity contribution >= 4 is 11.4 Å². The van der Waals surface area contributed by atoms with Crippen LogP contribution >= 0.6 is 0 Å². The molecule has 2 atom stereocenters. The van der Waals surface area contributed by atoms with E-state index in [0.717, 1.165) is 53.0 Å². The van der Waals surface area contributed by atoms with Crippen LogP contribution in [0.15, 0.2) is 42.7 Å².